The summed E-state index contributed by atoms with van der Waals surface area (Å²) in [5, 5.41) is 0. The average molecular weight is 81.9 g/mol. The minimum atomic E-state index is -0.926. The minimum absolute atomic E-state index is 0.382. The van der Waals surface area contributed by atoms with E-state index >= 15 is 0 Å². The summed E-state index contributed by atoms with van der Waals surface area (Å²) < 4.78 is 0. The molecule has 30 valence electrons. The van der Waals surface area contributed by atoms with Gasteiger partial charge in [-0.25, -0.2) is 0 Å². The number of hydrogen-bond donors (Lipinski definition) is 0. The Morgan fingerprint density at radius 3 is 1.67 bits per heavy atom. The van der Waals surface area contributed by atoms with Gasteiger partial charge in [-0.1, -0.05) is 0 Å². The van der Waals surface area contributed by atoms with Crippen LogP contribution in [0.3, 0.4) is 0 Å². The van der Waals surface area contributed by atoms with Crippen molar-refractivity contribution in [2.75, 3.05) is 0 Å². The Bertz CT molecular complexity index is 53.8. The van der Waals surface area contributed by atoms with E-state index in [1.807, 2.05) is 0 Å². The standard InChI is InChI=1S/C3H3BO2/c4-3(1-5)2-6/h1-3H. The molecule has 0 unspecified atom stereocenters. The second-order valence-corrected chi connectivity index (χ2v) is 0.850. The Labute approximate surface area is 36.9 Å². The van der Waals surface area contributed by atoms with E-state index in [-0.39, 0.29) is 0 Å². The van der Waals surface area contributed by atoms with Crippen molar-refractivity contribution < 1.29 is 9.59 Å². The average Bonchev–Trinajstić information content (AvgIpc) is 1.65. The molecule has 0 aromatic rings. The van der Waals surface area contributed by atoms with E-state index in [0.717, 1.165) is 0 Å². The van der Waals surface area contributed by atoms with Crippen LogP contribution in [-0.4, -0.2) is 20.4 Å². The maximum Gasteiger partial charge on any atom is 0.121 e. The lowest BCUT2D eigenvalue weighted by atomic mass is 9.91. The van der Waals surface area contributed by atoms with Crippen molar-refractivity contribution in [3.8, 4) is 0 Å². The van der Waals surface area contributed by atoms with Gasteiger partial charge < -0.3 is 9.59 Å². The molecule has 6 heavy (non-hydrogen) atoms. The summed E-state index contributed by atoms with van der Waals surface area (Å²) in [5.41, 5.74) is 0. The first-order chi connectivity index (χ1) is 2.81. The van der Waals surface area contributed by atoms with Gasteiger partial charge >= 0.3 is 0 Å². The van der Waals surface area contributed by atoms with Crippen LogP contribution in [0.4, 0.5) is 0 Å². The number of aldehydes is 2. The summed E-state index contributed by atoms with van der Waals surface area (Å²) >= 11 is 0. The fourth-order valence-corrected chi connectivity index (χ4v) is 0.0321. The molecule has 0 aromatic carbocycles. The molecule has 3 heteroatoms. The molecule has 2 nitrogen and oxygen atoms in total. The molecule has 0 atom stereocenters. The SMILES string of the molecule is [B]C(C=O)C=O. The predicted molar refractivity (Wildman–Crippen MR) is 21.6 cm³/mol. The van der Waals surface area contributed by atoms with Gasteiger partial charge in [0.05, 0.1) is 7.85 Å². The first-order valence-corrected chi connectivity index (χ1v) is 1.47. The van der Waals surface area contributed by atoms with Gasteiger partial charge in [0, 0.05) is 5.82 Å². The van der Waals surface area contributed by atoms with E-state index in [2.05, 4.69) is 0 Å². The van der Waals surface area contributed by atoms with Crippen molar-refractivity contribution in [3.05, 3.63) is 0 Å². The van der Waals surface area contributed by atoms with E-state index in [0.29, 0.717) is 12.6 Å². The highest BCUT2D eigenvalue weighted by atomic mass is 16.1. The van der Waals surface area contributed by atoms with Crippen LogP contribution in [0, 0.1) is 0 Å². The maximum atomic E-state index is 9.38. The summed E-state index contributed by atoms with van der Waals surface area (Å²) in [5.74, 6) is -0.926. The van der Waals surface area contributed by atoms with Crippen LogP contribution in [0.25, 0.3) is 0 Å². The Balaban J connectivity index is 3.21. The first kappa shape index (κ1) is 5.40. The van der Waals surface area contributed by atoms with E-state index in [9.17, 15) is 9.59 Å². The molecule has 0 saturated carbocycles. The van der Waals surface area contributed by atoms with Crippen molar-refractivity contribution in [3.63, 3.8) is 0 Å². The molecule has 0 N–H and O–H groups in total. The van der Waals surface area contributed by atoms with Gasteiger partial charge in [-0.15, -0.1) is 0 Å². The number of carbonyl (C=O) groups is 2. The van der Waals surface area contributed by atoms with E-state index in [1.54, 1.807) is 0 Å². The second-order valence-electron chi connectivity index (χ2n) is 0.850. The molecular weight excluding hydrogens is 78.8 g/mol. The number of hydrogen-bond acceptors (Lipinski definition) is 2. The Morgan fingerprint density at radius 1 is 1.33 bits per heavy atom. The van der Waals surface area contributed by atoms with Crippen molar-refractivity contribution in [2.45, 2.75) is 5.82 Å². The highest BCUT2D eigenvalue weighted by molar-refractivity contribution is 6.28. The summed E-state index contributed by atoms with van der Waals surface area (Å²) in [7, 11) is 4.74. The van der Waals surface area contributed by atoms with Crippen LogP contribution in [-0.2, 0) is 9.59 Å². The van der Waals surface area contributed by atoms with Crippen LogP contribution in [0.2, 0.25) is 5.82 Å². The van der Waals surface area contributed by atoms with Crippen LogP contribution in [0.15, 0.2) is 0 Å². The molecule has 0 aliphatic rings. The second kappa shape index (κ2) is 2.63. The highest BCUT2D eigenvalue weighted by Gasteiger charge is 1.89. The topological polar surface area (TPSA) is 34.1 Å². The quantitative estimate of drug-likeness (QED) is 0.251. The summed E-state index contributed by atoms with van der Waals surface area (Å²) in [4.78, 5) is 18.8. The normalized spacial score (nSPS) is 8.17. The van der Waals surface area contributed by atoms with Gasteiger partial charge in [0.15, 0.2) is 0 Å². The zero-order valence-corrected chi connectivity index (χ0v) is 3.13. The fraction of sp³-hybridized carbons (Fsp3) is 0.333. The van der Waals surface area contributed by atoms with Crippen LogP contribution in [0.5, 0.6) is 0 Å². The summed E-state index contributed by atoms with van der Waals surface area (Å²) in [6, 6.07) is 0. The zero-order chi connectivity index (χ0) is 4.99. The first-order valence-electron chi connectivity index (χ1n) is 1.47. The van der Waals surface area contributed by atoms with Crippen LogP contribution < -0.4 is 0 Å². The predicted octanol–water partition coefficient (Wildman–Crippen LogP) is -0.659. The van der Waals surface area contributed by atoms with Gasteiger partial charge in [-0.05, 0) is 0 Å². The number of carbonyl (C=O) groups excluding carboxylic acids is 2. The minimum Gasteiger partial charge on any atom is -0.303 e. The molecule has 0 bridgehead atoms. The van der Waals surface area contributed by atoms with Gasteiger partial charge in [-0.2, -0.15) is 0 Å². The molecule has 0 saturated heterocycles. The lowest BCUT2D eigenvalue weighted by Gasteiger charge is -1.78. The monoisotopic (exact) mass is 82.0 g/mol. The van der Waals surface area contributed by atoms with Gasteiger partial charge in [-0.3, -0.25) is 0 Å². The molecule has 0 amide bonds. The largest absolute Gasteiger partial charge is 0.303 e. The molecular formula is C3H3BO2. The van der Waals surface area contributed by atoms with Crippen molar-refractivity contribution in [1.82, 2.24) is 0 Å². The van der Waals surface area contributed by atoms with Crippen LogP contribution >= 0.6 is 0 Å². The number of rotatable bonds is 2. The molecule has 0 spiro atoms. The molecule has 0 fully saturated rings. The van der Waals surface area contributed by atoms with Gasteiger partial charge in [0.25, 0.3) is 0 Å². The highest BCUT2D eigenvalue weighted by Crippen LogP contribution is 1.79. The molecule has 2 radical (unpaired) electrons. The maximum absolute atomic E-state index is 9.38. The Morgan fingerprint density at radius 2 is 1.67 bits per heavy atom. The summed E-state index contributed by atoms with van der Waals surface area (Å²) in [6.07, 6.45) is 0.764. The molecule has 0 aliphatic carbocycles. The third-order valence-electron chi connectivity index (χ3n) is 0.314. The third-order valence-corrected chi connectivity index (χ3v) is 0.314. The van der Waals surface area contributed by atoms with Crippen LogP contribution in [0.1, 0.15) is 0 Å². The molecule has 0 rings (SSSR count). The van der Waals surface area contributed by atoms with Crippen molar-refractivity contribution in [2.24, 2.45) is 0 Å². The Hall–Kier alpha value is -0.595. The smallest absolute Gasteiger partial charge is 0.121 e. The van der Waals surface area contributed by atoms with Crippen molar-refractivity contribution >= 4 is 20.4 Å². The van der Waals surface area contributed by atoms with E-state index in [4.69, 9.17) is 7.85 Å². The summed E-state index contributed by atoms with van der Waals surface area (Å²) in [6.45, 7) is 0. The van der Waals surface area contributed by atoms with E-state index in [1.165, 1.54) is 0 Å². The van der Waals surface area contributed by atoms with Crippen molar-refractivity contribution in [1.29, 1.82) is 0 Å². The van der Waals surface area contributed by atoms with Gasteiger partial charge in [0.2, 0.25) is 0 Å². The molecule has 0 heterocycles. The molecule has 0 aromatic heterocycles. The fourth-order valence-electron chi connectivity index (χ4n) is 0.0321. The molecule has 0 aliphatic heterocycles. The van der Waals surface area contributed by atoms with Gasteiger partial charge in [0.1, 0.15) is 12.6 Å². The zero-order valence-electron chi connectivity index (χ0n) is 3.13. The lowest BCUT2D eigenvalue weighted by Crippen LogP contribution is -1.91. The van der Waals surface area contributed by atoms with E-state index < -0.39 is 5.82 Å². The lowest BCUT2D eigenvalue weighted by molar-refractivity contribution is -0.114. The Kier molecular flexibility index (Phi) is 2.37. The third kappa shape index (κ3) is 1.70.